The summed E-state index contributed by atoms with van der Waals surface area (Å²) in [6.07, 6.45) is 1.52. The molecule has 2 fully saturated rings. The number of nitrogens with zero attached hydrogens (tertiary/aromatic N) is 2. The lowest BCUT2D eigenvalue weighted by atomic mass is 9.62. The van der Waals surface area contributed by atoms with Crippen LogP contribution in [0.3, 0.4) is 0 Å². The average Bonchev–Trinajstić information content (AvgIpc) is 2.89. The maximum absolute atomic E-state index is 13.0. The molecule has 29 heavy (non-hydrogen) atoms. The normalized spacial score (nSPS) is 25.9. The molecular weight excluding hydrogens is 406 g/mol. The van der Waals surface area contributed by atoms with Gasteiger partial charge in [0.05, 0.1) is 24.1 Å². The van der Waals surface area contributed by atoms with Crippen molar-refractivity contribution in [3.05, 3.63) is 29.8 Å². The van der Waals surface area contributed by atoms with Crippen molar-refractivity contribution in [3.8, 4) is 5.75 Å². The van der Waals surface area contributed by atoms with Gasteiger partial charge in [-0.1, -0.05) is 44.8 Å². The first-order valence-corrected chi connectivity index (χ1v) is 11.0. The summed E-state index contributed by atoms with van der Waals surface area (Å²) < 4.78 is 5.57. The van der Waals surface area contributed by atoms with Crippen molar-refractivity contribution in [1.29, 1.82) is 0 Å². The minimum Gasteiger partial charge on any atom is -0.497 e. The number of methoxy groups -OCH3 is 1. The number of likely N-dealkylation sites (tertiary alicyclic amines) is 1. The van der Waals surface area contributed by atoms with Crippen LogP contribution in [-0.2, 0) is 9.59 Å². The third-order valence-corrected chi connectivity index (χ3v) is 7.84. The van der Waals surface area contributed by atoms with Crippen LogP contribution < -0.4 is 10.2 Å². The number of hydrazone groups is 1. The van der Waals surface area contributed by atoms with E-state index in [1.165, 1.54) is 16.7 Å². The standard InChI is InChI=1S/C21H27N3O3S2/c1-13(14-6-8-15(27-5)9-7-14)22-23-19(28)29-12-24-17(25)16-10-11-21(4,18(24)26)20(16,2)3/h6-9,16H,10-12H2,1-5H3,(H,23,28)/b22-13-. The summed E-state index contributed by atoms with van der Waals surface area (Å²) in [5.74, 6) is 0.714. The molecular formula is C21H27N3O3S2. The number of carbonyl (C=O) groups is 2. The number of nitrogens with one attached hydrogen (secondary N) is 1. The van der Waals surface area contributed by atoms with Crippen LogP contribution in [0.2, 0.25) is 0 Å². The number of carbonyl (C=O) groups excluding carboxylic acids is 2. The van der Waals surface area contributed by atoms with E-state index in [2.05, 4.69) is 10.5 Å². The van der Waals surface area contributed by atoms with Crippen LogP contribution >= 0.6 is 24.0 Å². The van der Waals surface area contributed by atoms with Gasteiger partial charge in [-0.3, -0.25) is 19.9 Å². The number of benzene rings is 1. The highest BCUT2D eigenvalue weighted by Gasteiger charge is 2.64. The van der Waals surface area contributed by atoms with E-state index in [-0.39, 0.29) is 29.0 Å². The summed E-state index contributed by atoms with van der Waals surface area (Å²) in [5, 5.41) is 4.31. The molecule has 2 bridgehead atoms. The Balaban J connectivity index is 1.59. The van der Waals surface area contributed by atoms with Gasteiger partial charge in [0.1, 0.15) is 5.75 Å². The molecule has 1 heterocycles. The molecule has 1 aromatic carbocycles. The van der Waals surface area contributed by atoms with Crippen molar-refractivity contribution < 1.29 is 14.3 Å². The van der Waals surface area contributed by atoms with Gasteiger partial charge in [0.15, 0.2) is 4.32 Å². The number of amides is 2. The molecule has 1 saturated carbocycles. The monoisotopic (exact) mass is 433 g/mol. The van der Waals surface area contributed by atoms with Gasteiger partial charge in [-0.15, -0.1) is 0 Å². The molecule has 6 nitrogen and oxygen atoms in total. The fourth-order valence-electron chi connectivity index (χ4n) is 4.21. The first-order chi connectivity index (χ1) is 13.6. The number of imide groups is 1. The maximum atomic E-state index is 13.0. The third-order valence-electron chi connectivity index (χ3n) is 6.66. The Kier molecular flexibility index (Phi) is 6.06. The minimum atomic E-state index is -0.496. The molecule has 1 aliphatic carbocycles. The zero-order chi connectivity index (χ0) is 21.4. The fraction of sp³-hybridized carbons (Fsp3) is 0.524. The predicted molar refractivity (Wildman–Crippen MR) is 120 cm³/mol. The van der Waals surface area contributed by atoms with Gasteiger partial charge < -0.3 is 4.74 Å². The average molecular weight is 434 g/mol. The van der Waals surface area contributed by atoms with Gasteiger partial charge in [-0.05, 0) is 55.0 Å². The quantitative estimate of drug-likeness (QED) is 0.330. The van der Waals surface area contributed by atoms with E-state index >= 15 is 0 Å². The van der Waals surface area contributed by atoms with Crippen LogP contribution in [0.5, 0.6) is 5.75 Å². The number of hydrogen-bond donors (Lipinski definition) is 1. The van der Waals surface area contributed by atoms with Crippen molar-refractivity contribution in [2.75, 3.05) is 13.0 Å². The molecule has 0 radical (unpaired) electrons. The lowest BCUT2D eigenvalue weighted by molar-refractivity contribution is -0.166. The summed E-state index contributed by atoms with van der Waals surface area (Å²) in [6.45, 7) is 7.93. The lowest BCUT2D eigenvalue weighted by Gasteiger charge is -2.47. The van der Waals surface area contributed by atoms with Gasteiger partial charge >= 0.3 is 0 Å². The van der Waals surface area contributed by atoms with Crippen molar-refractivity contribution in [2.24, 2.45) is 21.8 Å². The largest absolute Gasteiger partial charge is 0.497 e. The summed E-state index contributed by atoms with van der Waals surface area (Å²) in [7, 11) is 1.62. The number of piperidine rings is 1. The summed E-state index contributed by atoms with van der Waals surface area (Å²) in [4.78, 5) is 27.3. The number of thioether (sulfide) groups is 1. The van der Waals surface area contributed by atoms with Crippen molar-refractivity contribution >= 4 is 45.8 Å². The number of fused-ring (bicyclic) bond motifs is 2. The Morgan fingerprint density at radius 2 is 1.97 bits per heavy atom. The molecule has 2 amide bonds. The minimum absolute atomic E-state index is 0.0804. The van der Waals surface area contributed by atoms with E-state index in [1.807, 2.05) is 52.0 Å². The molecule has 3 rings (SSSR count). The Morgan fingerprint density at radius 1 is 1.31 bits per heavy atom. The maximum Gasteiger partial charge on any atom is 0.236 e. The highest BCUT2D eigenvalue weighted by molar-refractivity contribution is 8.22. The van der Waals surface area contributed by atoms with E-state index in [1.54, 1.807) is 7.11 Å². The second kappa shape index (κ2) is 8.07. The first kappa shape index (κ1) is 21.8. The molecule has 1 N–H and O–H groups in total. The second-order valence-electron chi connectivity index (χ2n) is 8.31. The first-order valence-electron chi connectivity index (χ1n) is 9.59. The Hall–Kier alpha value is -1.93. The Labute approximate surface area is 181 Å². The number of rotatable bonds is 5. The zero-order valence-corrected chi connectivity index (χ0v) is 19.1. The van der Waals surface area contributed by atoms with Gasteiger partial charge in [-0.25, -0.2) is 0 Å². The Morgan fingerprint density at radius 3 is 2.59 bits per heavy atom. The van der Waals surface area contributed by atoms with Crippen LogP contribution in [0.15, 0.2) is 29.4 Å². The Bertz CT molecular complexity index is 866. The van der Waals surface area contributed by atoms with Gasteiger partial charge in [0.25, 0.3) is 0 Å². The van der Waals surface area contributed by atoms with Gasteiger partial charge in [0, 0.05) is 5.92 Å². The summed E-state index contributed by atoms with van der Waals surface area (Å²) >= 11 is 6.57. The van der Waals surface area contributed by atoms with Crippen molar-refractivity contribution in [1.82, 2.24) is 10.3 Å². The van der Waals surface area contributed by atoms with Crippen LogP contribution in [0.1, 0.15) is 46.1 Å². The molecule has 8 heteroatoms. The van der Waals surface area contributed by atoms with Crippen LogP contribution in [0, 0.1) is 16.7 Å². The van der Waals surface area contributed by atoms with E-state index in [0.29, 0.717) is 4.32 Å². The van der Waals surface area contributed by atoms with E-state index in [4.69, 9.17) is 17.0 Å². The molecule has 156 valence electrons. The number of ether oxygens (including phenoxy) is 1. The lowest BCUT2D eigenvalue weighted by Crippen LogP contribution is -2.58. The van der Waals surface area contributed by atoms with E-state index in [9.17, 15) is 9.59 Å². The van der Waals surface area contributed by atoms with Crippen LogP contribution in [-0.4, -0.2) is 39.7 Å². The van der Waals surface area contributed by atoms with Gasteiger partial charge in [-0.2, -0.15) is 5.10 Å². The highest BCUT2D eigenvalue weighted by Crippen LogP contribution is 2.60. The fourth-order valence-corrected chi connectivity index (χ4v) is 5.01. The number of thiocarbonyl (C=S) groups is 1. The molecule has 2 aliphatic rings. The molecule has 1 saturated heterocycles. The highest BCUT2D eigenvalue weighted by atomic mass is 32.2. The molecule has 2 atom stereocenters. The summed E-state index contributed by atoms with van der Waals surface area (Å²) in [6, 6.07) is 7.56. The van der Waals surface area contributed by atoms with Gasteiger partial charge in [0.2, 0.25) is 11.8 Å². The molecule has 0 aromatic heterocycles. The predicted octanol–water partition coefficient (Wildman–Crippen LogP) is 3.80. The molecule has 0 spiro atoms. The SMILES string of the molecule is COc1ccc(/C(C)=N\NC(=S)SCN2C(=O)C3CCC(C)(C2=O)C3(C)C)cc1. The molecule has 2 unspecified atom stereocenters. The van der Waals surface area contributed by atoms with Crippen LogP contribution in [0.25, 0.3) is 0 Å². The third kappa shape index (κ3) is 3.80. The zero-order valence-electron chi connectivity index (χ0n) is 17.4. The number of hydrogen-bond acceptors (Lipinski definition) is 6. The van der Waals surface area contributed by atoms with Crippen molar-refractivity contribution in [3.63, 3.8) is 0 Å². The molecule has 1 aliphatic heterocycles. The van der Waals surface area contributed by atoms with Crippen LogP contribution in [0.4, 0.5) is 0 Å². The smallest absolute Gasteiger partial charge is 0.236 e. The molecule has 1 aromatic rings. The van der Waals surface area contributed by atoms with E-state index in [0.717, 1.165) is 29.9 Å². The second-order valence-corrected chi connectivity index (χ2v) is 9.94. The summed E-state index contributed by atoms with van der Waals surface area (Å²) in [5.41, 5.74) is 3.76. The van der Waals surface area contributed by atoms with Crippen molar-refractivity contribution in [2.45, 2.75) is 40.5 Å². The topological polar surface area (TPSA) is 71.0 Å². The van der Waals surface area contributed by atoms with E-state index < -0.39 is 5.41 Å².